The first-order valence-corrected chi connectivity index (χ1v) is 11.2. The fourth-order valence-corrected chi connectivity index (χ4v) is 3.20. The van der Waals surface area contributed by atoms with Gasteiger partial charge in [0.2, 0.25) is 5.89 Å². The van der Waals surface area contributed by atoms with Crippen molar-refractivity contribution in [3.63, 3.8) is 0 Å². The third-order valence-corrected chi connectivity index (χ3v) is 5.03. The van der Waals surface area contributed by atoms with Gasteiger partial charge in [-0.15, -0.1) is 0 Å². The monoisotopic (exact) mass is 474 g/mol. The van der Waals surface area contributed by atoms with E-state index in [0.717, 1.165) is 25.0 Å². The van der Waals surface area contributed by atoms with E-state index in [2.05, 4.69) is 10.3 Å². The molecule has 1 aliphatic rings. The Morgan fingerprint density at radius 1 is 1.18 bits per heavy atom. The van der Waals surface area contributed by atoms with Crippen LogP contribution in [0.5, 0.6) is 11.5 Å². The molecule has 1 aromatic heterocycles. The molecule has 1 heterocycles. The van der Waals surface area contributed by atoms with Crippen molar-refractivity contribution in [3.05, 3.63) is 42.0 Å². The summed E-state index contributed by atoms with van der Waals surface area (Å²) in [7, 11) is 0. The molecule has 0 unspecified atom stereocenters. The van der Waals surface area contributed by atoms with Crippen molar-refractivity contribution in [1.82, 2.24) is 10.3 Å². The van der Waals surface area contributed by atoms with Crippen molar-refractivity contribution >= 4 is 17.2 Å². The summed E-state index contributed by atoms with van der Waals surface area (Å²) in [6.07, 6.45) is 1.52. The SMILES string of the molecule is C[C@@H](COc1ccc2nc(-c3cc(F)c(OCC4CC4)c(F)c3)oc2c1)NC(=O)OC(C)(C)C. The first-order valence-electron chi connectivity index (χ1n) is 11.2. The normalized spacial score (nSPS) is 14.6. The molecule has 34 heavy (non-hydrogen) atoms. The second-order valence-electron chi connectivity index (χ2n) is 9.53. The van der Waals surface area contributed by atoms with Crippen LogP contribution in [0.15, 0.2) is 34.7 Å². The standard InChI is InChI=1S/C25H28F2N2O5/c1-14(28-24(30)34-25(2,3)4)12-31-17-7-8-20-21(11-17)33-23(29-20)16-9-18(26)22(19(27)10-16)32-13-15-5-6-15/h7-11,14-15H,5-6,12-13H2,1-4H3,(H,28,30)/t14-/m0/s1. The highest BCUT2D eigenvalue weighted by atomic mass is 19.1. The number of oxazole rings is 1. The summed E-state index contributed by atoms with van der Waals surface area (Å²) in [5, 5.41) is 2.70. The molecule has 1 atom stereocenters. The molecule has 1 aliphatic carbocycles. The second-order valence-corrected chi connectivity index (χ2v) is 9.53. The number of carbonyl (C=O) groups is 1. The Balaban J connectivity index is 1.41. The highest BCUT2D eigenvalue weighted by Crippen LogP contribution is 2.34. The maximum atomic E-state index is 14.5. The first kappa shape index (κ1) is 23.8. The molecule has 9 heteroatoms. The summed E-state index contributed by atoms with van der Waals surface area (Å²) in [6, 6.07) is 7.01. The summed E-state index contributed by atoms with van der Waals surface area (Å²) in [5.74, 6) is -1.02. The van der Waals surface area contributed by atoms with Gasteiger partial charge in [0, 0.05) is 11.6 Å². The Kier molecular flexibility index (Phi) is 6.63. The number of ether oxygens (including phenoxy) is 3. The highest BCUT2D eigenvalue weighted by Gasteiger charge is 2.24. The molecule has 0 saturated heterocycles. The lowest BCUT2D eigenvalue weighted by Crippen LogP contribution is -2.40. The van der Waals surface area contributed by atoms with Crippen LogP contribution >= 0.6 is 0 Å². The van der Waals surface area contributed by atoms with Gasteiger partial charge in [0.1, 0.15) is 23.5 Å². The predicted octanol–water partition coefficient (Wildman–Crippen LogP) is 5.85. The van der Waals surface area contributed by atoms with Crippen molar-refractivity contribution in [2.24, 2.45) is 5.92 Å². The van der Waals surface area contributed by atoms with Crippen molar-refractivity contribution in [2.75, 3.05) is 13.2 Å². The summed E-state index contributed by atoms with van der Waals surface area (Å²) < 4.78 is 50.9. The van der Waals surface area contributed by atoms with E-state index in [-0.39, 0.29) is 29.9 Å². The molecule has 0 aliphatic heterocycles. The third kappa shape index (κ3) is 6.15. The molecule has 1 fully saturated rings. The minimum atomic E-state index is -0.798. The van der Waals surface area contributed by atoms with Crippen LogP contribution in [0.3, 0.4) is 0 Å². The van der Waals surface area contributed by atoms with E-state index < -0.39 is 23.3 Å². The number of fused-ring (bicyclic) bond motifs is 1. The number of rotatable bonds is 8. The molecule has 2 aromatic carbocycles. The molecule has 0 spiro atoms. The Morgan fingerprint density at radius 2 is 1.88 bits per heavy atom. The minimum Gasteiger partial charge on any atom is -0.491 e. The zero-order chi connectivity index (χ0) is 24.5. The number of carbonyl (C=O) groups excluding carboxylic acids is 1. The summed E-state index contributed by atoms with van der Waals surface area (Å²) >= 11 is 0. The number of hydrogen-bond donors (Lipinski definition) is 1. The van der Waals surface area contributed by atoms with Crippen molar-refractivity contribution in [3.8, 4) is 23.0 Å². The van der Waals surface area contributed by atoms with Crippen LogP contribution in [0, 0.1) is 17.6 Å². The fraction of sp³-hybridized carbons (Fsp3) is 0.440. The van der Waals surface area contributed by atoms with Gasteiger partial charge in [-0.3, -0.25) is 0 Å². The van der Waals surface area contributed by atoms with Crippen molar-refractivity contribution in [2.45, 2.75) is 52.2 Å². The molecule has 7 nitrogen and oxygen atoms in total. The summed E-state index contributed by atoms with van der Waals surface area (Å²) in [5.41, 5.74) is 0.491. The molecule has 0 radical (unpaired) electrons. The molecule has 182 valence electrons. The average Bonchev–Trinajstić information content (AvgIpc) is 3.46. The molecular formula is C25H28F2N2O5. The van der Waals surface area contributed by atoms with Crippen LogP contribution in [0.2, 0.25) is 0 Å². The molecule has 4 rings (SSSR count). The maximum absolute atomic E-state index is 14.5. The van der Waals surface area contributed by atoms with Crippen LogP contribution in [0.1, 0.15) is 40.5 Å². The van der Waals surface area contributed by atoms with Gasteiger partial charge in [0.05, 0.1) is 12.6 Å². The molecule has 3 aromatic rings. The van der Waals surface area contributed by atoms with Crippen molar-refractivity contribution in [1.29, 1.82) is 0 Å². The zero-order valence-corrected chi connectivity index (χ0v) is 19.6. The Hall–Kier alpha value is -3.36. The lowest BCUT2D eigenvalue weighted by molar-refractivity contribution is 0.0494. The third-order valence-electron chi connectivity index (χ3n) is 5.03. The number of halogens is 2. The zero-order valence-electron chi connectivity index (χ0n) is 19.6. The number of hydrogen-bond acceptors (Lipinski definition) is 6. The van der Waals surface area contributed by atoms with Crippen LogP contribution in [-0.2, 0) is 4.74 Å². The Morgan fingerprint density at radius 3 is 2.53 bits per heavy atom. The lowest BCUT2D eigenvalue weighted by Gasteiger charge is -2.22. The van der Waals surface area contributed by atoms with Gasteiger partial charge in [-0.25, -0.2) is 18.6 Å². The Bertz CT molecular complexity index is 1160. The maximum Gasteiger partial charge on any atom is 0.407 e. The topological polar surface area (TPSA) is 82.8 Å². The smallest absolute Gasteiger partial charge is 0.407 e. The first-order chi connectivity index (χ1) is 16.1. The number of alkyl carbamates (subject to hydrolysis) is 1. The number of aromatic nitrogens is 1. The van der Waals surface area contributed by atoms with Crippen LogP contribution in [-0.4, -0.2) is 35.9 Å². The van der Waals surface area contributed by atoms with E-state index in [0.29, 0.717) is 29.4 Å². The predicted molar refractivity (Wildman–Crippen MR) is 122 cm³/mol. The molecule has 1 amide bonds. The number of amides is 1. The average molecular weight is 475 g/mol. The van der Waals surface area contributed by atoms with Gasteiger partial charge in [-0.05, 0) is 70.7 Å². The quantitative estimate of drug-likeness (QED) is 0.441. The molecular weight excluding hydrogens is 446 g/mol. The number of benzene rings is 2. The molecule has 0 bridgehead atoms. The van der Waals surface area contributed by atoms with Gasteiger partial charge in [0.15, 0.2) is 23.0 Å². The van der Waals surface area contributed by atoms with E-state index in [1.54, 1.807) is 45.9 Å². The molecule has 1 N–H and O–H groups in total. The molecule has 1 saturated carbocycles. The van der Waals surface area contributed by atoms with E-state index >= 15 is 0 Å². The van der Waals surface area contributed by atoms with Gasteiger partial charge in [-0.2, -0.15) is 0 Å². The Labute approximate surface area is 196 Å². The highest BCUT2D eigenvalue weighted by molar-refractivity contribution is 5.77. The largest absolute Gasteiger partial charge is 0.491 e. The van der Waals surface area contributed by atoms with E-state index in [1.165, 1.54) is 0 Å². The lowest BCUT2D eigenvalue weighted by atomic mass is 10.2. The van der Waals surface area contributed by atoms with Gasteiger partial charge < -0.3 is 23.9 Å². The summed E-state index contributed by atoms with van der Waals surface area (Å²) in [6.45, 7) is 7.66. The van der Waals surface area contributed by atoms with Gasteiger partial charge in [-0.1, -0.05) is 0 Å². The fourth-order valence-electron chi connectivity index (χ4n) is 3.20. The van der Waals surface area contributed by atoms with Crippen molar-refractivity contribution < 1.29 is 32.2 Å². The van der Waals surface area contributed by atoms with Crippen LogP contribution in [0.4, 0.5) is 13.6 Å². The summed E-state index contributed by atoms with van der Waals surface area (Å²) in [4.78, 5) is 16.2. The number of nitrogens with zero attached hydrogens (tertiary/aromatic N) is 1. The van der Waals surface area contributed by atoms with E-state index in [4.69, 9.17) is 18.6 Å². The minimum absolute atomic E-state index is 0.0821. The van der Waals surface area contributed by atoms with Crippen LogP contribution in [0.25, 0.3) is 22.6 Å². The second kappa shape index (κ2) is 9.48. The van der Waals surface area contributed by atoms with E-state index in [1.807, 2.05) is 0 Å². The number of nitrogens with one attached hydrogen (secondary N) is 1. The van der Waals surface area contributed by atoms with E-state index in [9.17, 15) is 13.6 Å². The van der Waals surface area contributed by atoms with Gasteiger partial charge in [0.25, 0.3) is 0 Å². The van der Waals surface area contributed by atoms with Gasteiger partial charge >= 0.3 is 6.09 Å². The van der Waals surface area contributed by atoms with Crippen LogP contribution < -0.4 is 14.8 Å².